The summed E-state index contributed by atoms with van der Waals surface area (Å²) in [5, 5.41) is 19.8. The number of non-ortho nitro benzene ring substituents is 1. The first-order valence-electron chi connectivity index (χ1n) is 8.19. The van der Waals surface area contributed by atoms with Gasteiger partial charge < -0.3 is 5.32 Å². The number of sulfonamides is 1. The summed E-state index contributed by atoms with van der Waals surface area (Å²) in [6.07, 6.45) is 4.95. The summed E-state index contributed by atoms with van der Waals surface area (Å²) in [6.45, 7) is 0. The van der Waals surface area contributed by atoms with Gasteiger partial charge in [-0.25, -0.2) is 13.6 Å². The lowest BCUT2D eigenvalue weighted by atomic mass is 9.77. The molecule has 2 aliphatic rings. The second kappa shape index (κ2) is 5.93. The van der Waals surface area contributed by atoms with E-state index in [0.717, 1.165) is 23.2 Å². The van der Waals surface area contributed by atoms with Crippen LogP contribution in [0.3, 0.4) is 0 Å². The number of anilines is 1. The Hall–Kier alpha value is -2.71. The molecule has 0 unspecified atom stereocenters. The number of primary sulfonamides is 1. The monoisotopic (exact) mass is 371 g/mol. The number of nitrogens with two attached hydrogens (primary N) is 1. The summed E-state index contributed by atoms with van der Waals surface area (Å²) in [6, 6.07) is 11.3. The summed E-state index contributed by atoms with van der Waals surface area (Å²) < 4.78 is 23.3. The Morgan fingerprint density at radius 2 is 2.00 bits per heavy atom. The number of nitrogens with zero attached hydrogens (tertiary/aromatic N) is 1. The van der Waals surface area contributed by atoms with Gasteiger partial charge in [0.15, 0.2) is 0 Å². The summed E-state index contributed by atoms with van der Waals surface area (Å²) in [4.78, 5) is 10.8. The number of fused-ring (bicyclic) bond motifs is 3. The van der Waals surface area contributed by atoms with Crippen LogP contribution in [0.4, 0.5) is 11.4 Å². The molecule has 1 heterocycles. The van der Waals surface area contributed by atoms with E-state index in [-0.39, 0.29) is 28.5 Å². The highest BCUT2D eigenvalue weighted by molar-refractivity contribution is 7.89. The predicted molar refractivity (Wildman–Crippen MR) is 97.3 cm³/mol. The predicted octanol–water partition coefficient (Wildman–Crippen LogP) is 3.07. The van der Waals surface area contributed by atoms with Crippen molar-refractivity contribution in [3.8, 4) is 0 Å². The van der Waals surface area contributed by atoms with Crippen LogP contribution in [0, 0.1) is 16.0 Å². The lowest BCUT2D eigenvalue weighted by molar-refractivity contribution is -0.384. The molecule has 2 aromatic rings. The van der Waals surface area contributed by atoms with Crippen LogP contribution in [-0.2, 0) is 10.0 Å². The SMILES string of the molecule is NS(=O)(=O)c1ccc2c(c1)[C@@H]1C=CC[C@@H]1[C@H](c1cccc([N+](=O)[O-])c1)N2. The number of nitrogens with one attached hydrogen (secondary N) is 1. The average molecular weight is 371 g/mol. The van der Waals surface area contributed by atoms with Crippen molar-refractivity contribution in [3.05, 3.63) is 75.9 Å². The van der Waals surface area contributed by atoms with E-state index in [2.05, 4.69) is 17.5 Å². The van der Waals surface area contributed by atoms with Crippen molar-refractivity contribution in [1.82, 2.24) is 0 Å². The van der Waals surface area contributed by atoms with Gasteiger partial charge in [-0.1, -0.05) is 24.3 Å². The number of nitro groups is 1. The van der Waals surface area contributed by atoms with Gasteiger partial charge in [0, 0.05) is 23.7 Å². The van der Waals surface area contributed by atoms with E-state index in [4.69, 9.17) is 5.14 Å². The van der Waals surface area contributed by atoms with Gasteiger partial charge in [0.2, 0.25) is 10.0 Å². The molecule has 8 heteroatoms. The maximum atomic E-state index is 11.7. The molecule has 0 saturated carbocycles. The number of benzene rings is 2. The lowest BCUT2D eigenvalue weighted by Crippen LogP contribution is -2.29. The Bertz CT molecular complexity index is 1030. The molecule has 7 nitrogen and oxygen atoms in total. The van der Waals surface area contributed by atoms with E-state index in [1.165, 1.54) is 12.1 Å². The van der Waals surface area contributed by atoms with Gasteiger partial charge in [-0.3, -0.25) is 10.1 Å². The quantitative estimate of drug-likeness (QED) is 0.489. The zero-order chi connectivity index (χ0) is 18.5. The largest absolute Gasteiger partial charge is 0.378 e. The van der Waals surface area contributed by atoms with Crippen LogP contribution in [0.2, 0.25) is 0 Å². The fourth-order valence-corrected chi connectivity index (χ4v) is 4.46. The topological polar surface area (TPSA) is 115 Å². The smallest absolute Gasteiger partial charge is 0.269 e. The number of hydrogen-bond acceptors (Lipinski definition) is 5. The zero-order valence-electron chi connectivity index (χ0n) is 13.7. The van der Waals surface area contributed by atoms with Gasteiger partial charge in [0.1, 0.15) is 0 Å². The number of allylic oxidation sites excluding steroid dienone is 2. The van der Waals surface area contributed by atoms with Gasteiger partial charge in [-0.05, 0) is 41.7 Å². The number of nitro benzene ring substituents is 1. The second-order valence-corrected chi connectivity index (χ2v) is 8.18. The first kappa shape index (κ1) is 16.7. The molecule has 0 aromatic heterocycles. The van der Waals surface area contributed by atoms with Crippen molar-refractivity contribution >= 4 is 21.4 Å². The highest BCUT2D eigenvalue weighted by atomic mass is 32.2. The lowest BCUT2D eigenvalue weighted by Gasteiger charge is -2.37. The molecule has 0 amide bonds. The molecule has 0 radical (unpaired) electrons. The Balaban J connectivity index is 1.78. The maximum Gasteiger partial charge on any atom is 0.269 e. The summed E-state index contributed by atoms with van der Waals surface area (Å²) >= 11 is 0. The van der Waals surface area contributed by atoms with Gasteiger partial charge in [0.25, 0.3) is 5.69 Å². The van der Waals surface area contributed by atoms with Crippen LogP contribution < -0.4 is 10.5 Å². The highest BCUT2D eigenvalue weighted by Gasteiger charge is 2.38. The summed E-state index contributed by atoms with van der Waals surface area (Å²) in [7, 11) is -3.77. The van der Waals surface area contributed by atoms with E-state index in [9.17, 15) is 18.5 Å². The van der Waals surface area contributed by atoms with Gasteiger partial charge in [-0.15, -0.1) is 0 Å². The molecular weight excluding hydrogens is 354 g/mol. The molecule has 4 rings (SSSR count). The van der Waals surface area contributed by atoms with Crippen molar-refractivity contribution < 1.29 is 13.3 Å². The zero-order valence-corrected chi connectivity index (χ0v) is 14.5. The minimum Gasteiger partial charge on any atom is -0.378 e. The van der Waals surface area contributed by atoms with E-state index in [1.807, 2.05) is 6.07 Å². The number of rotatable bonds is 3. The van der Waals surface area contributed by atoms with E-state index < -0.39 is 14.9 Å². The average Bonchev–Trinajstić information content (AvgIpc) is 3.10. The van der Waals surface area contributed by atoms with Crippen LogP contribution in [0.15, 0.2) is 59.5 Å². The van der Waals surface area contributed by atoms with Crippen molar-refractivity contribution in [3.63, 3.8) is 0 Å². The van der Waals surface area contributed by atoms with Crippen LogP contribution >= 0.6 is 0 Å². The van der Waals surface area contributed by atoms with Crippen LogP contribution in [0.25, 0.3) is 0 Å². The van der Waals surface area contributed by atoms with Crippen molar-refractivity contribution in [1.29, 1.82) is 0 Å². The number of hydrogen-bond donors (Lipinski definition) is 2. The molecule has 0 fully saturated rings. The minimum atomic E-state index is -3.77. The molecule has 1 aliphatic heterocycles. The molecule has 3 N–H and O–H groups in total. The highest BCUT2D eigenvalue weighted by Crippen LogP contribution is 2.50. The third kappa shape index (κ3) is 2.77. The van der Waals surface area contributed by atoms with Crippen LogP contribution in [0.5, 0.6) is 0 Å². The fourth-order valence-electron chi connectivity index (χ4n) is 3.91. The molecule has 0 spiro atoms. The normalized spacial score (nSPS) is 23.8. The standard InChI is InChI=1S/C18H17N3O4S/c19-26(24,25)13-7-8-17-16(10-13)14-5-2-6-15(14)18(20-17)11-3-1-4-12(9-11)21(22)23/h1-5,7-10,14-15,18,20H,6H2,(H2,19,24,25)/t14-,15+,18+/m1/s1. The molecular formula is C18H17N3O4S. The van der Waals surface area contributed by atoms with Gasteiger partial charge in [0.05, 0.1) is 15.9 Å². The molecule has 0 saturated heterocycles. The Labute approximate surface area is 150 Å². The van der Waals surface area contributed by atoms with Crippen LogP contribution in [0.1, 0.15) is 29.5 Å². The third-order valence-electron chi connectivity index (χ3n) is 5.10. The minimum absolute atomic E-state index is 0.0391. The Kier molecular flexibility index (Phi) is 3.82. The molecule has 1 aliphatic carbocycles. The van der Waals surface area contributed by atoms with Crippen molar-refractivity contribution in [2.45, 2.75) is 23.3 Å². The maximum absolute atomic E-state index is 11.7. The van der Waals surface area contributed by atoms with E-state index in [0.29, 0.717) is 0 Å². The molecule has 134 valence electrons. The first-order chi connectivity index (χ1) is 12.3. The van der Waals surface area contributed by atoms with Gasteiger partial charge in [-0.2, -0.15) is 0 Å². The van der Waals surface area contributed by atoms with E-state index in [1.54, 1.807) is 24.3 Å². The fraction of sp³-hybridized carbons (Fsp3) is 0.222. The van der Waals surface area contributed by atoms with Crippen molar-refractivity contribution in [2.24, 2.45) is 11.1 Å². The van der Waals surface area contributed by atoms with Crippen LogP contribution in [-0.4, -0.2) is 13.3 Å². The van der Waals surface area contributed by atoms with Crippen molar-refractivity contribution in [2.75, 3.05) is 5.32 Å². The molecule has 2 aromatic carbocycles. The first-order valence-corrected chi connectivity index (χ1v) is 9.73. The Morgan fingerprint density at radius 3 is 2.73 bits per heavy atom. The Morgan fingerprint density at radius 1 is 1.19 bits per heavy atom. The summed E-state index contributed by atoms with van der Waals surface area (Å²) in [5.41, 5.74) is 2.61. The molecule has 0 bridgehead atoms. The molecule has 3 atom stereocenters. The summed E-state index contributed by atoms with van der Waals surface area (Å²) in [5.74, 6) is 0.192. The van der Waals surface area contributed by atoms with Gasteiger partial charge >= 0.3 is 0 Å². The second-order valence-electron chi connectivity index (χ2n) is 6.62. The third-order valence-corrected chi connectivity index (χ3v) is 6.01. The van der Waals surface area contributed by atoms with E-state index >= 15 is 0 Å². The molecule has 26 heavy (non-hydrogen) atoms.